The lowest BCUT2D eigenvalue weighted by molar-refractivity contribution is -0.117. The zero-order valence-electron chi connectivity index (χ0n) is 15.3. The molecule has 1 aliphatic carbocycles. The summed E-state index contributed by atoms with van der Waals surface area (Å²) in [6.45, 7) is 1.39. The van der Waals surface area contributed by atoms with Gasteiger partial charge < -0.3 is 14.8 Å². The summed E-state index contributed by atoms with van der Waals surface area (Å²) in [4.78, 5) is 14.8. The lowest BCUT2D eigenvalue weighted by Crippen LogP contribution is -2.35. The minimum Gasteiger partial charge on any atom is -0.486 e. The molecule has 0 saturated heterocycles. The first kappa shape index (κ1) is 18.3. The first-order valence-corrected chi connectivity index (χ1v) is 10.1. The second-order valence-corrected chi connectivity index (χ2v) is 7.90. The standard InChI is InChI=1S/C21H23BrN2O3/c1-24(18-8-4-6-14-5-2-3-7-15(14)18)13-21(25)23-17-12-20-19(11-16(17)22)26-9-10-27-20/h2-3,5,7,11-12,18H,4,6,8-10,13H2,1H3,(H,23,25). The molecule has 2 aromatic carbocycles. The number of anilines is 1. The van der Waals surface area contributed by atoms with Gasteiger partial charge in [-0.15, -0.1) is 0 Å². The molecule has 6 heteroatoms. The Morgan fingerprint density at radius 3 is 2.78 bits per heavy atom. The summed E-state index contributed by atoms with van der Waals surface area (Å²) in [6.07, 6.45) is 3.35. The predicted molar refractivity (Wildman–Crippen MR) is 109 cm³/mol. The summed E-state index contributed by atoms with van der Waals surface area (Å²) in [5, 5.41) is 2.99. The van der Waals surface area contributed by atoms with E-state index < -0.39 is 0 Å². The van der Waals surface area contributed by atoms with E-state index in [1.165, 1.54) is 11.1 Å². The second kappa shape index (κ2) is 7.90. The van der Waals surface area contributed by atoms with E-state index in [-0.39, 0.29) is 11.9 Å². The van der Waals surface area contributed by atoms with E-state index in [4.69, 9.17) is 9.47 Å². The Bertz CT molecular complexity index is 855. The quantitative estimate of drug-likeness (QED) is 0.790. The smallest absolute Gasteiger partial charge is 0.238 e. The maximum absolute atomic E-state index is 12.7. The fourth-order valence-electron chi connectivity index (χ4n) is 3.87. The van der Waals surface area contributed by atoms with Gasteiger partial charge in [-0.25, -0.2) is 0 Å². The van der Waals surface area contributed by atoms with Gasteiger partial charge in [-0.2, -0.15) is 0 Å². The third kappa shape index (κ3) is 3.96. The highest BCUT2D eigenvalue weighted by Gasteiger charge is 2.25. The molecule has 1 atom stereocenters. The Balaban J connectivity index is 1.44. The van der Waals surface area contributed by atoms with Crippen molar-refractivity contribution >= 4 is 27.5 Å². The maximum Gasteiger partial charge on any atom is 0.238 e. The molecule has 0 aromatic heterocycles. The minimum atomic E-state index is -0.0436. The maximum atomic E-state index is 12.7. The van der Waals surface area contributed by atoms with Gasteiger partial charge in [0.15, 0.2) is 11.5 Å². The van der Waals surface area contributed by atoms with E-state index in [0.717, 1.165) is 23.7 Å². The van der Waals surface area contributed by atoms with Crippen molar-refractivity contribution in [2.75, 3.05) is 32.1 Å². The molecular weight excluding hydrogens is 408 g/mol. The van der Waals surface area contributed by atoms with Gasteiger partial charge in [-0.3, -0.25) is 9.69 Å². The number of hydrogen-bond acceptors (Lipinski definition) is 4. The molecule has 0 saturated carbocycles. The van der Waals surface area contributed by atoms with Crippen molar-refractivity contribution in [3.8, 4) is 11.5 Å². The van der Waals surface area contributed by atoms with Crippen LogP contribution in [-0.2, 0) is 11.2 Å². The molecule has 2 aromatic rings. The highest BCUT2D eigenvalue weighted by molar-refractivity contribution is 9.10. The van der Waals surface area contributed by atoms with Gasteiger partial charge in [-0.1, -0.05) is 24.3 Å². The highest BCUT2D eigenvalue weighted by atomic mass is 79.9. The van der Waals surface area contributed by atoms with E-state index in [1.54, 1.807) is 0 Å². The number of aryl methyl sites for hydroxylation is 1. The Morgan fingerprint density at radius 2 is 1.96 bits per heavy atom. The van der Waals surface area contributed by atoms with Crippen LogP contribution in [0.4, 0.5) is 5.69 Å². The van der Waals surface area contributed by atoms with Gasteiger partial charge in [-0.05, 0) is 53.4 Å². The Labute approximate surface area is 167 Å². The van der Waals surface area contributed by atoms with Crippen LogP contribution < -0.4 is 14.8 Å². The van der Waals surface area contributed by atoms with Crippen molar-refractivity contribution in [1.29, 1.82) is 0 Å². The molecule has 2 aliphatic rings. The number of benzene rings is 2. The van der Waals surface area contributed by atoms with Crippen molar-refractivity contribution in [2.45, 2.75) is 25.3 Å². The summed E-state index contributed by atoms with van der Waals surface area (Å²) in [5.74, 6) is 1.31. The first-order valence-electron chi connectivity index (χ1n) is 9.29. The second-order valence-electron chi connectivity index (χ2n) is 7.05. The average molecular weight is 431 g/mol. The number of nitrogens with zero attached hydrogens (tertiary/aromatic N) is 1. The fraction of sp³-hybridized carbons (Fsp3) is 0.381. The molecule has 0 radical (unpaired) electrons. The fourth-order valence-corrected chi connectivity index (χ4v) is 4.29. The molecule has 1 aliphatic heterocycles. The van der Waals surface area contributed by atoms with Crippen molar-refractivity contribution in [3.63, 3.8) is 0 Å². The molecule has 1 N–H and O–H groups in total. The Kier molecular flexibility index (Phi) is 5.36. The van der Waals surface area contributed by atoms with Gasteiger partial charge in [0.05, 0.1) is 12.2 Å². The lowest BCUT2D eigenvalue weighted by atomic mass is 9.87. The average Bonchev–Trinajstić information content (AvgIpc) is 2.68. The van der Waals surface area contributed by atoms with Crippen LogP contribution in [0.2, 0.25) is 0 Å². The van der Waals surface area contributed by atoms with E-state index >= 15 is 0 Å². The molecule has 1 unspecified atom stereocenters. The summed E-state index contributed by atoms with van der Waals surface area (Å²) < 4.78 is 12.0. The zero-order valence-corrected chi connectivity index (χ0v) is 16.9. The monoisotopic (exact) mass is 430 g/mol. The minimum absolute atomic E-state index is 0.0436. The van der Waals surface area contributed by atoms with E-state index in [1.807, 2.05) is 19.2 Å². The molecule has 0 spiro atoms. The number of carbonyl (C=O) groups is 1. The molecular formula is C21H23BrN2O3. The van der Waals surface area contributed by atoms with Crippen LogP contribution in [0, 0.1) is 0 Å². The van der Waals surface area contributed by atoms with E-state index in [0.29, 0.717) is 36.9 Å². The van der Waals surface area contributed by atoms with E-state index in [2.05, 4.69) is 50.4 Å². The number of fused-ring (bicyclic) bond motifs is 2. The van der Waals surface area contributed by atoms with Crippen LogP contribution in [0.1, 0.15) is 30.0 Å². The summed E-state index contributed by atoms with van der Waals surface area (Å²) in [6, 6.07) is 12.5. The highest BCUT2D eigenvalue weighted by Crippen LogP contribution is 2.38. The Morgan fingerprint density at radius 1 is 1.22 bits per heavy atom. The molecule has 5 nitrogen and oxygen atoms in total. The molecule has 1 heterocycles. The molecule has 4 rings (SSSR count). The number of carbonyl (C=O) groups excluding carboxylic acids is 1. The SMILES string of the molecule is CN(CC(=O)Nc1cc2c(cc1Br)OCCO2)C1CCCc2ccccc21. The van der Waals surface area contributed by atoms with Crippen LogP contribution in [0.25, 0.3) is 0 Å². The zero-order chi connectivity index (χ0) is 18.8. The molecule has 0 fully saturated rings. The first-order chi connectivity index (χ1) is 13.1. The van der Waals surface area contributed by atoms with Crippen LogP contribution in [0.3, 0.4) is 0 Å². The predicted octanol–water partition coefficient (Wildman–Crippen LogP) is 4.17. The number of likely N-dealkylation sites (N-methyl/N-ethyl adjacent to an activating group) is 1. The van der Waals surface area contributed by atoms with Crippen LogP contribution >= 0.6 is 15.9 Å². The van der Waals surface area contributed by atoms with E-state index in [9.17, 15) is 4.79 Å². The molecule has 142 valence electrons. The van der Waals surface area contributed by atoms with Crippen LogP contribution in [0.15, 0.2) is 40.9 Å². The van der Waals surface area contributed by atoms with Gasteiger partial charge in [0.2, 0.25) is 5.91 Å². The summed E-state index contributed by atoms with van der Waals surface area (Å²) in [5.41, 5.74) is 3.44. The van der Waals surface area contributed by atoms with Crippen molar-refractivity contribution < 1.29 is 14.3 Å². The number of nitrogens with one attached hydrogen (secondary N) is 1. The van der Waals surface area contributed by atoms with Gasteiger partial charge in [0, 0.05) is 22.6 Å². The summed E-state index contributed by atoms with van der Waals surface area (Å²) in [7, 11) is 2.02. The van der Waals surface area contributed by atoms with Crippen molar-refractivity contribution in [3.05, 3.63) is 52.0 Å². The van der Waals surface area contributed by atoms with Crippen molar-refractivity contribution in [2.24, 2.45) is 0 Å². The van der Waals surface area contributed by atoms with Gasteiger partial charge >= 0.3 is 0 Å². The third-order valence-electron chi connectivity index (χ3n) is 5.17. The number of rotatable bonds is 4. The Hall–Kier alpha value is -2.05. The van der Waals surface area contributed by atoms with Gasteiger partial charge in [0.25, 0.3) is 0 Å². The topological polar surface area (TPSA) is 50.8 Å². The van der Waals surface area contributed by atoms with Crippen LogP contribution in [0.5, 0.6) is 11.5 Å². The number of hydrogen-bond donors (Lipinski definition) is 1. The number of ether oxygens (including phenoxy) is 2. The summed E-state index contributed by atoms with van der Waals surface area (Å²) >= 11 is 3.50. The molecule has 1 amide bonds. The van der Waals surface area contributed by atoms with Crippen molar-refractivity contribution in [1.82, 2.24) is 4.90 Å². The normalized spacial score (nSPS) is 18.1. The van der Waals surface area contributed by atoms with Crippen LogP contribution in [-0.4, -0.2) is 37.6 Å². The third-order valence-corrected chi connectivity index (χ3v) is 5.82. The van der Waals surface area contributed by atoms with Gasteiger partial charge in [0.1, 0.15) is 13.2 Å². The lowest BCUT2D eigenvalue weighted by Gasteiger charge is -2.33. The molecule has 27 heavy (non-hydrogen) atoms. The largest absolute Gasteiger partial charge is 0.486 e. The number of halogens is 1. The number of amides is 1. The molecule has 0 bridgehead atoms.